The molecule has 0 amide bonds. The van der Waals surface area contributed by atoms with Gasteiger partial charge in [0.1, 0.15) is 5.75 Å². The second-order valence-electron chi connectivity index (χ2n) is 6.30. The number of para-hydroxylation sites is 1. The Morgan fingerprint density at radius 3 is 2.29 bits per heavy atom. The number of rotatable bonds is 8. The van der Waals surface area contributed by atoms with Crippen LogP contribution < -0.4 is 15.4 Å². The van der Waals surface area contributed by atoms with Gasteiger partial charge in [-0.25, -0.2) is 8.42 Å². The zero-order valence-corrected chi connectivity index (χ0v) is 19.6. The van der Waals surface area contributed by atoms with Gasteiger partial charge in [-0.3, -0.25) is 4.99 Å². The standard InChI is InChI=1S/C20H27N3O3S.HI/c1-21-20(22-13-12-18-6-4-5-7-19(18)26-2)23-14-16-8-10-17(11-9-16)15-27(3,24)25;/h4-11H,12-15H2,1-3H3,(H2,21,22,23);1H. The molecule has 0 bridgehead atoms. The third kappa shape index (κ3) is 8.47. The first-order valence-electron chi connectivity index (χ1n) is 8.73. The molecular weight excluding hydrogens is 489 g/mol. The van der Waals surface area contributed by atoms with Crippen molar-refractivity contribution in [3.8, 4) is 5.75 Å². The highest BCUT2D eigenvalue weighted by atomic mass is 127. The average Bonchev–Trinajstić information content (AvgIpc) is 2.64. The maximum atomic E-state index is 11.3. The van der Waals surface area contributed by atoms with Gasteiger partial charge in [0.15, 0.2) is 15.8 Å². The van der Waals surface area contributed by atoms with Gasteiger partial charge < -0.3 is 15.4 Å². The lowest BCUT2D eigenvalue weighted by Gasteiger charge is -2.13. The summed E-state index contributed by atoms with van der Waals surface area (Å²) in [4.78, 5) is 4.23. The number of hydrogen-bond acceptors (Lipinski definition) is 4. The molecular formula is C20H28IN3O3S. The lowest BCUT2D eigenvalue weighted by atomic mass is 10.1. The van der Waals surface area contributed by atoms with Crippen molar-refractivity contribution in [1.82, 2.24) is 10.6 Å². The summed E-state index contributed by atoms with van der Waals surface area (Å²) in [6.45, 7) is 1.33. The summed E-state index contributed by atoms with van der Waals surface area (Å²) in [5, 5.41) is 6.54. The van der Waals surface area contributed by atoms with E-state index in [0.29, 0.717) is 12.5 Å². The molecule has 0 heterocycles. The second-order valence-corrected chi connectivity index (χ2v) is 8.44. The molecule has 28 heavy (non-hydrogen) atoms. The average molecular weight is 517 g/mol. The number of methoxy groups -OCH3 is 1. The maximum absolute atomic E-state index is 11.3. The third-order valence-electron chi connectivity index (χ3n) is 4.01. The largest absolute Gasteiger partial charge is 0.496 e. The van der Waals surface area contributed by atoms with E-state index in [4.69, 9.17) is 4.74 Å². The summed E-state index contributed by atoms with van der Waals surface area (Å²) in [5.74, 6) is 1.66. The molecule has 6 nitrogen and oxygen atoms in total. The van der Waals surface area contributed by atoms with E-state index in [0.717, 1.165) is 35.4 Å². The van der Waals surface area contributed by atoms with Crippen LogP contribution in [-0.2, 0) is 28.6 Å². The number of nitrogens with zero attached hydrogens (tertiary/aromatic N) is 1. The minimum atomic E-state index is -3.01. The molecule has 2 aromatic rings. The van der Waals surface area contributed by atoms with E-state index in [9.17, 15) is 8.42 Å². The smallest absolute Gasteiger partial charge is 0.191 e. The van der Waals surface area contributed by atoms with Crippen LogP contribution in [0.2, 0.25) is 0 Å². The van der Waals surface area contributed by atoms with Crippen molar-refractivity contribution in [2.75, 3.05) is 27.0 Å². The van der Waals surface area contributed by atoms with Crippen LogP contribution in [0.4, 0.5) is 0 Å². The Labute approximate surface area is 184 Å². The molecule has 0 radical (unpaired) electrons. The molecule has 0 aliphatic heterocycles. The summed E-state index contributed by atoms with van der Waals surface area (Å²) in [6, 6.07) is 15.5. The van der Waals surface area contributed by atoms with Crippen LogP contribution >= 0.6 is 24.0 Å². The van der Waals surface area contributed by atoms with Crippen molar-refractivity contribution in [2.45, 2.75) is 18.7 Å². The SMILES string of the molecule is CN=C(NCCc1ccccc1OC)NCc1ccc(CS(C)(=O)=O)cc1.I. The number of benzene rings is 2. The molecule has 0 saturated heterocycles. The summed E-state index contributed by atoms with van der Waals surface area (Å²) in [7, 11) is 0.393. The minimum Gasteiger partial charge on any atom is -0.496 e. The number of ether oxygens (including phenoxy) is 1. The Hall–Kier alpha value is -1.81. The molecule has 0 atom stereocenters. The topological polar surface area (TPSA) is 79.8 Å². The number of nitrogens with one attached hydrogen (secondary N) is 2. The molecule has 0 spiro atoms. The highest BCUT2D eigenvalue weighted by molar-refractivity contribution is 14.0. The zero-order valence-electron chi connectivity index (χ0n) is 16.4. The predicted octanol–water partition coefficient (Wildman–Crippen LogP) is 2.77. The van der Waals surface area contributed by atoms with Gasteiger partial charge in [0.2, 0.25) is 0 Å². The summed E-state index contributed by atoms with van der Waals surface area (Å²) in [6.07, 6.45) is 2.06. The summed E-state index contributed by atoms with van der Waals surface area (Å²) < 4.78 is 28.0. The van der Waals surface area contributed by atoms with Gasteiger partial charge in [-0.1, -0.05) is 42.5 Å². The summed E-state index contributed by atoms with van der Waals surface area (Å²) in [5.41, 5.74) is 2.99. The van der Waals surface area contributed by atoms with Crippen molar-refractivity contribution < 1.29 is 13.2 Å². The van der Waals surface area contributed by atoms with Crippen molar-refractivity contribution >= 4 is 39.8 Å². The van der Waals surface area contributed by atoms with Gasteiger partial charge in [0, 0.05) is 26.4 Å². The van der Waals surface area contributed by atoms with E-state index >= 15 is 0 Å². The lowest BCUT2D eigenvalue weighted by molar-refractivity contribution is 0.409. The van der Waals surface area contributed by atoms with E-state index < -0.39 is 9.84 Å². The van der Waals surface area contributed by atoms with E-state index in [-0.39, 0.29) is 29.7 Å². The number of guanidine groups is 1. The van der Waals surface area contributed by atoms with Gasteiger partial charge in [-0.05, 0) is 29.2 Å². The van der Waals surface area contributed by atoms with Gasteiger partial charge in [0.05, 0.1) is 12.9 Å². The first-order valence-corrected chi connectivity index (χ1v) is 10.8. The van der Waals surface area contributed by atoms with Gasteiger partial charge >= 0.3 is 0 Å². The predicted molar refractivity (Wildman–Crippen MR) is 125 cm³/mol. The third-order valence-corrected chi connectivity index (χ3v) is 4.87. The number of sulfone groups is 1. The molecule has 0 saturated carbocycles. The first-order chi connectivity index (χ1) is 12.9. The Kier molecular flexibility index (Phi) is 10.3. The highest BCUT2D eigenvalue weighted by Gasteiger charge is 2.05. The van der Waals surface area contributed by atoms with E-state index in [1.165, 1.54) is 6.26 Å². The fraction of sp³-hybridized carbons (Fsp3) is 0.350. The fourth-order valence-corrected chi connectivity index (χ4v) is 3.49. The minimum absolute atomic E-state index is 0. The van der Waals surface area contributed by atoms with Crippen LogP contribution in [0.5, 0.6) is 5.75 Å². The Morgan fingerprint density at radius 2 is 1.68 bits per heavy atom. The number of hydrogen-bond donors (Lipinski definition) is 2. The molecule has 8 heteroatoms. The van der Waals surface area contributed by atoms with Crippen molar-refractivity contribution in [3.05, 3.63) is 65.2 Å². The number of halogens is 1. The molecule has 2 aromatic carbocycles. The molecule has 0 aliphatic rings. The van der Waals surface area contributed by atoms with Crippen LogP contribution in [-0.4, -0.2) is 41.3 Å². The van der Waals surface area contributed by atoms with Crippen LogP contribution in [0, 0.1) is 0 Å². The Balaban J connectivity index is 0.00000392. The van der Waals surface area contributed by atoms with Crippen LogP contribution in [0.1, 0.15) is 16.7 Å². The second kappa shape index (κ2) is 11.9. The summed E-state index contributed by atoms with van der Waals surface area (Å²) >= 11 is 0. The maximum Gasteiger partial charge on any atom is 0.191 e. The van der Waals surface area contributed by atoms with Gasteiger partial charge in [0.25, 0.3) is 0 Å². The fourth-order valence-electron chi connectivity index (χ4n) is 2.69. The molecule has 0 aromatic heterocycles. The molecule has 0 fully saturated rings. The molecule has 0 unspecified atom stereocenters. The van der Waals surface area contributed by atoms with Gasteiger partial charge in [-0.15, -0.1) is 24.0 Å². The van der Waals surface area contributed by atoms with Crippen LogP contribution in [0.25, 0.3) is 0 Å². The quantitative estimate of drug-likeness (QED) is 0.320. The Morgan fingerprint density at radius 1 is 1.04 bits per heavy atom. The number of aliphatic imine (C=N–C) groups is 1. The Bertz CT molecular complexity index is 869. The van der Waals surface area contributed by atoms with E-state index in [1.54, 1.807) is 14.2 Å². The monoisotopic (exact) mass is 517 g/mol. The first kappa shape index (κ1) is 24.2. The van der Waals surface area contributed by atoms with Crippen molar-refractivity contribution in [2.24, 2.45) is 4.99 Å². The van der Waals surface area contributed by atoms with E-state index in [1.807, 2.05) is 42.5 Å². The van der Waals surface area contributed by atoms with Crippen molar-refractivity contribution in [3.63, 3.8) is 0 Å². The van der Waals surface area contributed by atoms with Crippen molar-refractivity contribution in [1.29, 1.82) is 0 Å². The molecule has 0 aliphatic carbocycles. The molecule has 154 valence electrons. The van der Waals surface area contributed by atoms with Crippen LogP contribution in [0.3, 0.4) is 0 Å². The normalized spacial score (nSPS) is 11.5. The van der Waals surface area contributed by atoms with E-state index in [2.05, 4.69) is 21.7 Å². The molecule has 2 N–H and O–H groups in total. The van der Waals surface area contributed by atoms with Gasteiger partial charge in [-0.2, -0.15) is 0 Å². The molecule has 2 rings (SSSR count). The zero-order chi connectivity index (χ0) is 19.7. The highest BCUT2D eigenvalue weighted by Crippen LogP contribution is 2.17. The van der Waals surface area contributed by atoms with Crippen LogP contribution in [0.15, 0.2) is 53.5 Å². The lowest BCUT2D eigenvalue weighted by Crippen LogP contribution is -2.37.